The molecule has 1 aromatic carbocycles. The van der Waals surface area contributed by atoms with Crippen molar-refractivity contribution in [3.8, 4) is 0 Å². The molecule has 0 aromatic heterocycles. The Hall–Kier alpha value is -1.58. The van der Waals surface area contributed by atoms with Gasteiger partial charge < -0.3 is 9.64 Å². The second-order valence-corrected chi connectivity index (χ2v) is 6.30. The Kier molecular flexibility index (Phi) is 4.02. The quantitative estimate of drug-likeness (QED) is 0.778. The van der Waals surface area contributed by atoms with Crippen molar-refractivity contribution in [2.75, 3.05) is 18.0 Å². The number of carbonyl (C=O) groups excluding carboxylic acids is 1. The Bertz CT molecular complexity index is 520. The van der Waals surface area contributed by atoms with E-state index in [4.69, 9.17) is 4.74 Å². The van der Waals surface area contributed by atoms with Crippen LogP contribution in [0.4, 0.5) is 10.1 Å². The molecule has 0 bridgehead atoms. The standard InChI is InChI=1S/C16H22FNO2/c1-11-7-8-13(17)15-12(11)6-5-9-18(15)10-14(19)20-16(2,3)4/h7-8H,5-6,9-10H2,1-4H3. The average Bonchev–Trinajstić information content (AvgIpc) is 2.31. The molecule has 1 aliphatic rings. The van der Waals surface area contributed by atoms with Gasteiger partial charge in [-0.05, 0) is 57.7 Å². The molecule has 0 aliphatic carbocycles. The zero-order valence-electron chi connectivity index (χ0n) is 12.6. The summed E-state index contributed by atoms with van der Waals surface area (Å²) in [7, 11) is 0. The Morgan fingerprint density at radius 1 is 1.40 bits per heavy atom. The molecule has 0 saturated carbocycles. The molecule has 0 N–H and O–H groups in total. The van der Waals surface area contributed by atoms with Crippen LogP contribution in [0, 0.1) is 12.7 Å². The third-order valence-electron chi connectivity index (χ3n) is 3.38. The van der Waals surface area contributed by atoms with Gasteiger partial charge in [-0.2, -0.15) is 0 Å². The zero-order valence-corrected chi connectivity index (χ0v) is 12.6. The van der Waals surface area contributed by atoms with Crippen molar-refractivity contribution in [1.82, 2.24) is 0 Å². The molecule has 3 nitrogen and oxygen atoms in total. The highest BCUT2D eigenvalue weighted by Crippen LogP contribution is 2.32. The van der Waals surface area contributed by atoms with Crippen LogP contribution in [0.1, 0.15) is 38.3 Å². The van der Waals surface area contributed by atoms with Crippen LogP contribution in [-0.4, -0.2) is 24.7 Å². The summed E-state index contributed by atoms with van der Waals surface area (Å²) in [6.07, 6.45) is 1.80. The predicted octanol–water partition coefficient (Wildman–Crippen LogP) is 3.23. The Morgan fingerprint density at radius 2 is 2.10 bits per heavy atom. The number of halogens is 1. The maximum Gasteiger partial charge on any atom is 0.326 e. The van der Waals surface area contributed by atoms with Gasteiger partial charge in [0.1, 0.15) is 18.0 Å². The first-order valence-corrected chi connectivity index (χ1v) is 7.03. The summed E-state index contributed by atoms with van der Waals surface area (Å²) in [6.45, 7) is 8.27. The van der Waals surface area contributed by atoms with Crippen molar-refractivity contribution < 1.29 is 13.9 Å². The minimum Gasteiger partial charge on any atom is -0.459 e. The van der Waals surface area contributed by atoms with Crippen LogP contribution >= 0.6 is 0 Å². The smallest absolute Gasteiger partial charge is 0.326 e. The lowest BCUT2D eigenvalue weighted by atomic mass is 9.96. The van der Waals surface area contributed by atoms with E-state index in [1.807, 2.05) is 27.7 Å². The van der Waals surface area contributed by atoms with Gasteiger partial charge in [0.2, 0.25) is 0 Å². The van der Waals surface area contributed by atoms with Crippen LogP contribution in [0.3, 0.4) is 0 Å². The second kappa shape index (κ2) is 5.43. The van der Waals surface area contributed by atoms with Gasteiger partial charge in [-0.15, -0.1) is 0 Å². The molecule has 0 radical (unpaired) electrons. The van der Waals surface area contributed by atoms with Crippen LogP contribution in [0.25, 0.3) is 0 Å². The number of nitrogens with zero attached hydrogens (tertiary/aromatic N) is 1. The lowest BCUT2D eigenvalue weighted by Crippen LogP contribution is -2.38. The van der Waals surface area contributed by atoms with Crippen molar-refractivity contribution >= 4 is 11.7 Å². The highest BCUT2D eigenvalue weighted by atomic mass is 19.1. The molecule has 0 fully saturated rings. The van der Waals surface area contributed by atoms with Crippen LogP contribution < -0.4 is 4.90 Å². The second-order valence-electron chi connectivity index (χ2n) is 6.30. The predicted molar refractivity (Wildman–Crippen MR) is 77.5 cm³/mol. The molecule has 0 saturated heterocycles. The molecule has 110 valence electrons. The van der Waals surface area contributed by atoms with Crippen LogP contribution in [0.5, 0.6) is 0 Å². The van der Waals surface area contributed by atoms with E-state index in [2.05, 4.69) is 0 Å². The van der Waals surface area contributed by atoms with E-state index in [1.54, 1.807) is 11.0 Å². The van der Waals surface area contributed by atoms with Gasteiger partial charge in [0.05, 0.1) is 5.69 Å². The molecular weight excluding hydrogens is 257 g/mol. The first-order chi connectivity index (χ1) is 9.28. The van der Waals surface area contributed by atoms with Crippen molar-refractivity contribution in [3.63, 3.8) is 0 Å². The number of ether oxygens (including phenoxy) is 1. The fraction of sp³-hybridized carbons (Fsp3) is 0.562. The number of hydrogen-bond acceptors (Lipinski definition) is 3. The minimum absolute atomic E-state index is 0.102. The molecule has 20 heavy (non-hydrogen) atoms. The van der Waals surface area contributed by atoms with Gasteiger partial charge >= 0.3 is 5.97 Å². The Morgan fingerprint density at radius 3 is 2.75 bits per heavy atom. The van der Waals surface area contributed by atoms with Crippen LogP contribution in [0.2, 0.25) is 0 Å². The largest absolute Gasteiger partial charge is 0.459 e. The van der Waals surface area contributed by atoms with Crippen molar-refractivity contribution in [3.05, 3.63) is 29.1 Å². The summed E-state index contributed by atoms with van der Waals surface area (Å²) in [6, 6.07) is 3.27. The zero-order chi connectivity index (χ0) is 14.9. The van der Waals surface area contributed by atoms with Gasteiger partial charge in [0, 0.05) is 6.54 Å². The molecule has 1 aliphatic heterocycles. The van der Waals surface area contributed by atoms with Gasteiger partial charge in [0.15, 0.2) is 0 Å². The molecule has 4 heteroatoms. The molecule has 0 amide bonds. The summed E-state index contributed by atoms with van der Waals surface area (Å²) in [5, 5.41) is 0. The number of rotatable bonds is 2. The summed E-state index contributed by atoms with van der Waals surface area (Å²) in [5.74, 6) is -0.569. The Balaban J connectivity index is 2.21. The summed E-state index contributed by atoms with van der Waals surface area (Å²) in [5.41, 5.74) is 2.15. The SMILES string of the molecule is Cc1ccc(F)c2c1CCCN2CC(=O)OC(C)(C)C. The monoisotopic (exact) mass is 279 g/mol. The van der Waals surface area contributed by atoms with E-state index < -0.39 is 5.60 Å². The first kappa shape index (κ1) is 14.8. The van der Waals surface area contributed by atoms with Gasteiger partial charge in [0.25, 0.3) is 0 Å². The maximum absolute atomic E-state index is 14.1. The number of fused-ring (bicyclic) bond motifs is 1. The number of hydrogen-bond donors (Lipinski definition) is 0. The molecule has 0 atom stereocenters. The number of aryl methyl sites for hydroxylation is 1. The van der Waals surface area contributed by atoms with E-state index in [0.29, 0.717) is 12.2 Å². The summed E-state index contributed by atoms with van der Waals surface area (Å²) in [4.78, 5) is 13.7. The topological polar surface area (TPSA) is 29.5 Å². The molecule has 0 unspecified atom stereocenters. The van der Waals surface area contributed by atoms with E-state index in [0.717, 1.165) is 24.0 Å². The maximum atomic E-state index is 14.1. The molecular formula is C16H22FNO2. The lowest BCUT2D eigenvalue weighted by molar-refractivity contribution is -0.153. The van der Waals surface area contributed by atoms with Crippen LogP contribution in [-0.2, 0) is 16.0 Å². The van der Waals surface area contributed by atoms with Crippen LogP contribution in [0.15, 0.2) is 12.1 Å². The third kappa shape index (κ3) is 3.30. The molecule has 0 spiro atoms. The van der Waals surface area contributed by atoms with E-state index in [-0.39, 0.29) is 18.3 Å². The summed E-state index contributed by atoms with van der Waals surface area (Å²) >= 11 is 0. The third-order valence-corrected chi connectivity index (χ3v) is 3.38. The number of benzene rings is 1. The average molecular weight is 279 g/mol. The molecule has 1 aromatic rings. The minimum atomic E-state index is -0.513. The van der Waals surface area contributed by atoms with E-state index >= 15 is 0 Å². The number of carbonyl (C=O) groups is 1. The normalized spacial score (nSPS) is 14.9. The number of anilines is 1. The fourth-order valence-corrected chi connectivity index (χ4v) is 2.61. The molecule has 2 rings (SSSR count). The first-order valence-electron chi connectivity index (χ1n) is 7.03. The molecule has 1 heterocycles. The van der Waals surface area contributed by atoms with Crippen molar-refractivity contribution in [2.24, 2.45) is 0 Å². The highest BCUT2D eigenvalue weighted by molar-refractivity contribution is 5.77. The number of esters is 1. The Labute approximate surface area is 119 Å². The van der Waals surface area contributed by atoms with E-state index in [1.165, 1.54) is 6.07 Å². The summed E-state index contributed by atoms with van der Waals surface area (Å²) < 4.78 is 19.4. The highest BCUT2D eigenvalue weighted by Gasteiger charge is 2.25. The van der Waals surface area contributed by atoms with Crippen molar-refractivity contribution in [2.45, 2.75) is 46.1 Å². The van der Waals surface area contributed by atoms with Gasteiger partial charge in [-0.25, -0.2) is 4.39 Å². The van der Waals surface area contributed by atoms with Gasteiger partial charge in [-0.1, -0.05) is 6.07 Å². The lowest BCUT2D eigenvalue weighted by Gasteiger charge is -2.32. The van der Waals surface area contributed by atoms with Crippen molar-refractivity contribution in [1.29, 1.82) is 0 Å². The fourth-order valence-electron chi connectivity index (χ4n) is 2.61. The van der Waals surface area contributed by atoms with E-state index in [9.17, 15) is 9.18 Å². The van der Waals surface area contributed by atoms with Gasteiger partial charge in [-0.3, -0.25) is 4.79 Å².